The fourth-order valence-electron chi connectivity index (χ4n) is 1.95. The maximum absolute atomic E-state index is 12.0. The minimum Gasteiger partial charge on any atom is -0.480 e. The van der Waals surface area contributed by atoms with Crippen LogP contribution in [0.2, 0.25) is 0 Å². The highest BCUT2D eigenvalue weighted by molar-refractivity contribution is 7.14. The van der Waals surface area contributed by atoms with Gasteiger partial charge in [-0.15, -0.1) is 11.3 Å². The lowest BCUT2D eigenvalue weighted by Crippen LogP contribution is -2.42. The molecular weight excluding hydrogens is 250 g/mol. The summed E-state index contributed by atoms with van der Waals surface area (Å²) >= 11 is 1.44. The van der Waals surface area contributed by atoms with Crippen LogP contribution in [0.25, 0.3) is 0 Å². The highest BCUT2D eigenvalue weighted by Gasteiger charge is 2.51. The minimum absolute atomic E-state index is 0.259. The molecule has 1 heterocycles. The zero-order valence-corrected chi connectivity index (χ0v) is 11.4. The molecule has 1 aromatic rings. The number of amides is 1. The first-order chi connectivity index (χ1) is 8.48. The van der Waals surface area contributed by atoms with Gasteiger partial charge in [0.25, 0.3) is 5.91 Å². The van der Waals surface area contributed by atoms with Gasteiger partial charge in [-0.05, 0) is 37.8 Å². The van der Waals surface area contributed by atoms with Gasteiger partial charge in [0.05, 0.1) is 4.88 Å². The molecule has 4 nitrogen and oxygen atoms in total. The van der Waals surface area contributed by atoms with Gasteiger partial charge >= 0.3 is 5.97 Å². The molecule has 0 aliphatic heterocycles. The summed E-state index contributed by atoms with van der Waals surface area (Å²) < 4.78 is 0. The first-order valence-electron chi connectivity index (χ1n) is 6.14. The van der Waals surface area contributed by atoms with E-state index in [1.54, 1.807) is 0 Å². The molecule has 0 spiro atoms. The van der Waals surface area contributed by atoms with E-state index in [-0.39, 0.29) is 5.91 Å². The van der Waals surface area contributed by atoms with E-state index >= 15 is 0 Å². The van der Waals surface area contributed by atoms with Crippen molar-refractivity contribution in [2.75, 3.05) is 0 Å². The normalized spacial score (nSPS) is 16.3. The Hall–Kier alpha value is -1.36. The molecule has 0 saturated heterocycles. The van der Waals surface area contributed by atoms with E-state index in [4.69, 9.17) is 5.11 Å². The third-order valence-electron chi connectivity index (χ3n) is 3.28. The Morgan fingerprint density at radius 3 is 2.67 bits per heavy atom. The number of carboxylic acids is 1. The number of carboxylic acid groups (broad SMARTS) is 1. The Labute approximate surface area is 110 Å². The Kier molecular flexibility index (Phi) is 3.43. The van der Waals surface area contributed by atoms with Gasteiger partial charge < -0.3 is 10.4 Å². The maximum Gasteiger partial charge on any atom is 0.329 e. The lowest BCUT2D eigenvalue weighted by molar-refractivity contribution is -0.140. The largest absolute Gasteiger partial charge is 0.480 e. The Morgan fingerprint density at radius 1 is 1.50 bits per heavy atom. The summed E-state index contributed by atoms with van der Waals surface area (Å²) in [5.41, 5.74) is 0.188. The Balaban J connectivity index is 2.10. The van der Waals surface area contributed by atoms with Crippen molar-refractivity contribution >= 4 is 23.2 Å². The molecule has 1 amide bonds. The zero-order chi connectivity index (χ0) is 13.3. The van der Waals surface area contributed by atoms with Crippen LogP contribution in [0.5, 0.6) is 0 Å². The quantitative estimate of drug-likeness (QED) is 0.860. The summed E-state index contributed by atoms with van der Waals surface area (Å²) in [5, 5.41) is 11.7. The second kappa shape index (κ2) is 4.72. The van der Waals surface area contributed by atoms with Crippen molar-refractivity contribution in [2.45, 2.75) is 45.1 Å². The van der Waals surface area contributed by atoms with Gasteiger partial charge in [-0.1, -0.05) is 13.3 Å². The van der Waals surface area contributed by atoms with Crippen molar-refractivity contribution < 1.29 is 14.7 Å². The number of carbonyl (C=O) groups excluding carboxylic acids is 1. The fraction of sp³-hybridized carbons (Fsp3) is 0.538. The van der Waals surface area contributed by atoms with Crippen molar-refractivity contribution in [3.63, 3.8) is 0 Å². The standard InChI is InChI=1S/C13H17NO3S/c1-3-4-9-7-10(18-8(9)2)11(15)14-13(5-6-13)12(16)17/h7H,3-6H2,1-2H3,(H,14,15)(H,16,17). The van der Waals surface area contributed by atoms with Crippen molar-refractivity contribution in [3.05, 3.63) is 21.4 Å². The van der Waals surface area contributed by atoms with E-state index in [1.165, 1.54) is 16.9 Å². The molecule has 18 heavy (non-hydrogen) atoms. The smallest absolute Gasteiger partial charge is 0.329 e. The Morgan fingerprint density at radius 2 is 2.17 bits per heavy atom. The molecule has 1 fully saturated rings. The van der Waals surface area contributed by atoms with Crippen molar-refractivity contribution in [1.29, 1.82) is 0 Å². The molecule has 5 heteroatoms. The van der Waals surface area contributed by atoms with Crippen LogP contribution in [0.3, 0.4) is 0 Å². The summed E-state index contributed by atoms with van der Waals surface area (Å²) in [7, 11) is 0. The van der Waals surface area contributed by atoms with Crippen molar-refractivity contribution in [1.82, 2.24) is 5.32 Å². The predicted octanol–water partition coefficient (Wildman–Crippen LogP) is 2.36. The van der Waals surface area contributed by atoms with Crippen LogP contribution in [0.4, 0.5) is 0 Å². The molecular formula is C13H17NO3S. The molecule has 1 aliphatic carbocycles. The lowest BCUT2D eigenvalue weighted by atomic mass is 10.1. The number of aliphatic carboxylic acids is 1. The average Bonchev–Trinajstić information content (AvgIpc) is 2.99. The predicted molar refractivity (Wildman–Crippen MR) is 70.1 cm³/mol. The third-order valence-corrected chi connectivity index (χ3v) is 4.37. The second-order valence-electron chi connectivity index (χ2n) is 4.78. The minimum atomic E-state index is -1.00. The summed E-state index contributed by atoms with van der Waals surface area (Å²) in [6, 6.07) is 1.89. The van der Waals surface area contributed by atoms with E-state index < -0.39 is 11.5 Å². The molecule has 0 atom stereocenters. The summed E-state index contributed by atoms with van der Waals surface area (Å²) in [6.07, 6.45) is 3.05. The van der Waals surface area contributed by atoms with Crippen LogP contribution in [-0.2, 0) is 11.2 Å². The molecule has 1 aliphatic rings. The van der Waals surface area contributed by atoms with Gasteiger partial charge in [0, 0.05) is 4.88 Å². The molecule has 0 unspecified atom stereocenters. The van der Waals surface area contributed by atoms with Gasteiger partial charge in [-0.2, -0.15) is 0 Å². The van der Waals surface area contributed by atoms with Crippen LogP contribution in [-0.4, -0.2) is 22.5 Å². The van der Waals surface area contributed by atoms with Gasteiger partial charge in [-0.3, -0.25) is 4.79 Å². The van der Waals surface area contributed by atoms with Gasteiger partial charge in [0.2, 0.25) is 0 Å². The molecule has 2 N–H and O–H groups in total. The van der Waals surface area contributed by atoms with E-state index in [9.17, 15) is 9.59 Å². The monoisotopic (exact) mass is 267 g/mol. The van der Waals surface area contributed by atoms with E-state index in [1.807, 2.05) is 13.0 Å². The van der Waals surface area contributed by atoms with E-state index in [0.717, 1.165) is 17.7 Å². The molecule has 0 radical (unpaired) electrons. The van der Waals surface area contributed by atoms with Crippen LogP contribution in [0.1, 0.15) is 46.3 Å². The third kappa shape index (κ3) is 2.41. The SMILES string of the molecule is CCCc1cc(C(=O)NC2(C(=O)O)CC2)sc1C. The van der Waals surface area contributed by atoms with Crippen molar-refractivity contribution in [2.24, 2.45) is 0 Å². The van der Waals surface area contributed by atoms with Crippen LogP contribution >= 0.6 is 11.3 Å². The summed E-state index contributed by atoms with van der Waals surface area (Å²) in [6.45, 7) is 4.09. The number of rotatable bonds is 5. The van der Waals surface area contributed by atoms with E-state index in [2.05, 4.69) is 12.2 Å². The number of thiophene rings is 1. The van der Waals surface area contributed by atoms with Crippen LogP contribution in [0.15, 0.2) is 6.07 Å². The van der Waals surface area contributed by atoms with Gasteiger partial charge in [0.15, 0.2) is 0 Å². The molecule has 0 aromatic carbocycles. The molecule has 1 aromatic heterocycles. The second-order valence-corrected chi connectivity index (χ2v) is 6.04. The first kappa shape index (κ1) is 13.1. The molecule has 1 saturated carbocycles. The topological polar surface area (TPSA) is 66.4 Å². The van der Waals surface area contributed by atoms with Crippen LogP contribution in [0, 0.1) is 6.92 Å². The Bertz CT molecular complexity index is 488. The fourth-order valence-corrected chi connectivity index (χ4v) is 2.91. The molecule has 2 rings (SSSR count). The first-order valence-corrected chi connectivity index (χ1v) is 6.95. The van der Waals surface area contributed by atoms with E-state index in [0.29, 0.717) is 17.7 Å². The van der Waals surface area contributed by atoms with Crippen LogP contribution < -0.4 is 5.32 Å². The highest BCUT2D eigenvalue weighted by atomic mass is 32.1. The van der Waals surface area contributed by atoms with Gasteiger partial charge in [-0.25, -0.2) is 4.79 Å². The zero-order valence-electron chi connectivity index (χ0n) is 10.6. The molecule has 0 bridgehead atoms. The average molecular weight is 267 g/mol. The molecule has 98 valence electrons. The lowest BCUT2D eigenvalue weighted by Gasteiger charge is -2.10. The van der Waals surface area contributed by atoms with Gasteiger partial charge in [0.1, 0.15) is 5.54 Å². The summed E-state index contributed by atoms with van der Waals surface area (Å²) in [4.78, 5) is 24.8. The number of carbonyl (C=O) groups is 2. The van der Waals surface area contributed by atoms with Crippen molar-refractivity contribution in [3.8, 4) is 0 Å². The number of hydrogen-bond donors (Lipinski definition) is 2. The number of aryl methyl sites for hydroxylation is 2. The maximum atomic E-state index is 12.0. The highest BCUT2D eigenvalue weighted by Crippen LogP contribution is 2.36. The summed E-state index contributed by atoms with van der Waals surface area (Å²) in [5.74, 6) is -1.19. The number of hydrogen-bond acceptors (Lipinski definition) is 3. The number of nitrogens with one attached hydrogen (secondary N) is 1.